The monoisotopic (exact) mass is 474 g/mol. The summed E-state index contributed by atoms with van der Waals surface area (Å²) in [5.41, 5.74) is 2.09. The van der Waals surface area contributed by atoms with Crippen molar-refractivity contribution in [2.75, 3.05) is 7.05 Å². The Bertz CT molecular complexity index is 1150. The van der Waals surface area contributed by atoms with Crippen molar-refractivity contribution in [2.24, 2.45) is 5.92 Å². The van der Waals surface area contributed by atoms with Gasteiger partial charge in [0, 0.05) is 25.4 Å². The Morgan fingerprint density at radius 2 is 1.74 bits per heavy atom. The number of likely N-dealkylation sites (N-methyl/N-ethyl adjacent to an activating group) is 1. The highest BCUT2D eigenvalue weighted by Gasteiger charge is 2.31. The van der Waals surface area contributed by atoms with Crippen molar-refractivity contribution < 1.29 is 18.8 Å². The number of rotatable bonds is 8. The van der Waals surface area contributed by atoms with E-state index in [1.54, 1.807) is 43.6 Å². The first-order valence-electron chi connectivity index (χ1n) is 12.0. The zero-order valence-corrected chi connectivity index (χ0v) is 19.8. The molecule has 0 bridgehead atoms. The SMILES string of the molecule is CNC(=O)[C@@H](NC(=O)c1ccc(-c2ccc(CNC(=O)c3ccccn3)cc2)o1)C1CCCCC1. The molecule has 0 saturated heterocycles. The lowest BCUT2D eigenvalue weighted by Crippen LogP contribution is -2.50. The van der Waals surface area contributed by atoms with Crippen LogP contribution in [0.1, 0.15) is 58.7 Å². The minimum atomic E-state index is -0.568. The van der Waals surface area contributed by atoms with E-state index in [-0.39, 0.29) is 23.5 Å². The van der Waals surface area contributed by atoms with E-state index >= 15 is 0 Å². The van der Waals surface area contributed by atoms with E-state index in [2.05, 4.69) is 20.9 Å². The van der Waals surface area contributed by atoms with Crippen LogP contribution in [-0.4, -0.2) is 35.8 Å². The van der Waals surface area contributed by atoms with Gasteiger partial charge in [0.2, 0.25) is 5.91 Å². The Morgan fingerprint density at radius 3 is 2.43 bits per heavy atom. The molecule has 35 heavy (non-hydrogen) atoms. The highest BCUT2D eigenvalue weighted by Crippen LogP contribution is 2.27. The molecule has 3 aromatic rings. The summed E-state index contributed by atoms with van der Waals surface area (Å²) >= 11 is 0. The standard InChI is InChI=1S/C27H30N4O4/c1-28-27(34)24(20-7-3-2-4-8-20)31-26(33)23-15-14-22(35-23)19-12-10-18(11-13-19)17-30-25(32)21-9-5-6-16-29-21/h5-6,9-16,20,24H,2-4,7-8,17H2,1H3,(H,28,34)(H,30,32)(H,31,33)/t24-/m0/s1. The van der Waals surface area contributed by atoms with Gasteiger partial charge in [0.05, 0.1) is 0 Å². The van der Waals surface area contributed by atoms with E-state index in [4.69, 9.17) is 4.42 Å². The molecular formula is C27H30N4O4. The summed E-state index contributed by atoms with van der Waals surface area (Å²) in [6, 6.07) is 15.5. The lowest BCUT2D eigenvalue weighted by Gasteiger charge is -2.29. The van der Waals surface area contributed by atoms with Gasteiger partial charge >= 0.3 is 0 Å². The number of nitrogens with one attached hydrogen (secondary N) is 3. The van der Waals surface area contributed by atoms with Crippen LogP contribution in [0.3, 0.4) is 0 Å². The molecule has 1 aliphatic carbocycles. The van der Waals surface area contributed by atoms with Crippen LogP contribution in [0.4, 0.5) is 0 Å². The first-order valence-corrected chi connectivity index (χ1v) is 12.0. The van der Waals surface area contributed by atoms with Gasteiger partial charge in [-0.15, -0.1) is 0 Å². The number of hydrogen-bond acceptors (Lipinski definition) is 5. The summed E-state index contributed by atoms with van der Waals surface area (Å²) < 4.78 is 5.81. The summed E-state index contributed by atoms with van der Waals surface area (Å²) in [5.74, 6) is 0.0317. The van der Waals surface area contributed by atoms with Crippen molar-refractivity contribution in [3.8, 4) is 11.3 Å². The largest absolute Gasteiger partial charge is 0.451 e. The Hall–Kier alpha value is -3.94. The number of carbonyl (C=O) groups is 3. The summed E-state index contributed by atoms with van der Waals surface area (Å²) in [5, 5.41) is 8.39. The molecule has 0 spiro atoms. The van der Waals surface area contributed by atoms with Crippen LogP contribution < -0.4 is 16.0 Å². The zero-order chi connectivity index (χ0) is 24.6. The number of benzene rings is 1. The summed E-state index contributed by atoms with van der Waals surface area (Å²) in [4.78, 5) is 41.5. The van der Waals surface area contributed by atoms with Gasteiger partial charge in [-0.1, -0.05) is 49.6 Å². The van der Waals surface area contributed by atoms with E-state index in [1.165, 1.54) is 6.42 Å². The third-order valence-electron chi connectivity index (χ3n) is 6.36. The molecule has 1 aliphatic rings. The van der Waals surface area contributed by atoms with E-state index in [0.29, 0.717) is 18.0 Å². The molecule has 1 saturated carbocycles. The van der Waals surface area contributed by atoms with Crippen LogP contribution in [0.15, 0.2) is 65.2 Å². The third kappa shape index (κ3) is 6.15. The van der Waals surface area contributed by atoms with Crippen molar-refractivity contribution in [3.63, 3.8) is 0 Å². The van der Waals surface area contributed by atoms with E-state index in [9.17, 15) is 14.4 Å². The summed E-state index contributed by atoms with van der Waals surface area (Å²) in [6.07, 6.45) is 6.74. The second-order valence-electron chi connectivity index (χ2n) is 8.72. The van der Waals surface area contributed by atoms with Crippen molar-refractivity contribution in [1.82, 2.24) is 20.9 Å². The van der Waals surface area contributed by atoms with Gasteiger partial charge in [0.25, 0.3) is 11.8 Å². The molecule has 4 rings (SSSR count). The average Bonchev–Trinajstić information content (AvgIpc) is 3.42. The van der Waals surface area contributed by atoms with E-state index in [0.717, 1.165) is 36.8 Å². The molecule has 1 fully saturated rings. The number of amides is 3. The normalized spacial score (nSPS) is 14.7. The summed E-state index contributed by atoms with van der Waals surface area (Å²) in [6.45, 7) is 0.365. The quantitative estimate of drug-likeness (QED) is 0.461. The van der Waals surface area contributed by atoms with Gasteiger partial charge < -0.3 is 20.4 Å². The van der Waals surface area contributed by atoms with E-state index < -0.39 is 11.9 Å². The first kappa shape index (κ1) is 24.2. The molecule has 0 radical (unpaired) electrons. The smallest absolute Gasteiger partial charge is 0.287 e. The number of carbonyl (C=O) groups excluding carboxylic acids is 3. The summed E-state index contributed by atoms with van der Waals surface area (Å²) in [7, 11) is 1.59. The second kappa shape index (κ2) is 11.5. The molecule has 2 heterocycles. The molecule has 3 N–H and O–H groups in total. The third-order valence-corrected chi connectivity index (χ3v) is 6.36. The van der Waals surface area contributed by atoms with Gasteiger partial charge in [0.15, 0.2) is 5.76 Å². The molecule has 1 atom stereocenters. The molecule has 2 aromatic heterocycles. The van der Waals surface area contributed by atoms with Crippen LogP contribution in [0, 0.1) is 5.92 Å². The average molecular weight is 475 g/mol. The second-order valence-corrected chi connectivity index (χ2v) is 8.72. The highest BCUT2D eigenvalue weighted by atomic mass is 16.4. The number of furan rings is 1. The minimum absolute atomic E-state index is 0.132. The van der Waals surface area contributed by atoms with Gasteiger partial charge in [-0.3, -0.25) is 19.4 Å². The predicted octanol–water partition coefficient (Wildman–Crippen LogP) is 3.70. The fourth-order valence-corrected chi connectivity index (χ4v) is 4.40. The Morgan fingerprint density at radius 1 is 0.971 bits per heavy atom. The van der Waals surface area contributed by atoms with Crippen molar-refractivity contribution in [1.29, 1.82) is 0 Å². The number of nitrogens with zero attached hydrogens (tertiary/aromatic N) is 1. The molecule has 8 heteroatoms. The van der Waals surface area contributed by atoms with Gasteiger partial charge in [-0.25, -0.2) is 0 Å². The molecule has 0 aliphatic heterocycles. The van der Waals surface area contributed by atoms with Gasteiger partial charge in [-0.2, -0.15) is 0 Å². The van der Waals surface area contributed by atoms with Crippen LogP contribution in [0.5, 0.6) is 0 Å². The van der Waals surface area contributed by atoms with Crippen molar-refractivity contribution >= 4 is 17.7 Å². The predicted molar refractivity (Wildman–Crippen MR) is 131 cm³/mol. The van der Waals surface area contributed by atoms with Crippen LogP contribution in [0.2, 0.25) is 0 Å². The van der Waals surface area contributed by atoms with Crippen LogP contribution >= 0.6 is 0 Å². The molecule has 182 valence electrons. The van der Waals surface area contributed by atoms with Crippen molar-refractivity contribution in [2.45, 2.75) is 44.7 Å². The molecule has 0 unspecified atom stereocenters. The minimum Gasteiger partial charge on any atom is -0.451 e. The fraction of sp³-hybridized carbons (Fsp3) is 0.333. The zero-order valence-electron chi connectivity index (χ0n) is 19.8. The maximum absolute atomic E-state index is 12.9. The van der Waals surface area contributed by atoms with Crippen LogP contribution in [-0.2, 0) is 11.3 Å². The Labute approximate surface area is 204 Å². The molecular weight excluding hydrogens is 444 g/mol. The number of pyridine rings is 1. The maximum atomic E-state index is 12.9. The molecule has 1 aromatic carbocycles. The first-order chi connectivity index (χ1) is 17.0. The molecule has 3 amide bonds. The lowest BCUT2D eigenvalue weighted by molar-refractivity contribution is -0.124. The fourth-order valence-electron chi connectivity index (χ4n) is 4.40. The maximum Gasteiger partial charge on any atom is 0.287 e. The van der Waals surface area contributed by atoms with E-state index in [1.807, 2.05) is 24.3 Å². The topological polar surface area (TPSA) is 113 Å². The van der Waals surface area contributed by atoms with Gasteiger partial charge in [-0.05, 0) is 48.6 Å². The van der Waals surface area contributed by atoms with Crippen molar-refractivity contribution in [3.05, 3.63) is 77.8 Å². The van der Waals surface area contributed by atoms with Crippen LogP contribution in [0.25, 0.3) is 11.3 Å². The molecule has 8 nitrogen and oxygen atoms in total. The van der Waals surface area contributed by atoms with Gasteiger partial charge in [0.1, 0.15) is 17.5 Å². The number of aromatic nitrogens is 1. The Kier molecular flexibility index (Phi) is 7.92. The highest BCUT2D eigenvalue weighted by molar-refractivity contribution is 5.96. The lowest BCUT2D eigenvalue weighted by atomic mass is 9.83. The number of hydrogen-bond donors (Lipinski definition) is 3. The Balaban J connectivity index is 1.37.